The van der Waals surface area contributed by atoms with Gasteiger partial charge in [-0.25, -0.2) is 8.42 Å². The van der Waals surface area contributed by atoms with Crippen molar-refractivity contribution in [3.05, 3.63) is 64.7 Å². The average Bonchev–Trinajstić information content (AvgIpc) is 2.56. The minimum Gasteiger partial charge on any atom is -0.348 e. The van der Waals surface area contributed by atoms with Crippen molar-refractivity contribution in [1.82, 2.24) is 5.32 Å². The second-order valence-corrected chi connectivity index (χ2v) is 9.01. The van der Waals surface area contributed by atoms with Crippen LogP contribution in [0, 0.1) is 20.8 Å². The van der Waals surface area contributed by atoms with Gasteiger partial charge in [0.2, 0.25) is 15.9 Å². The number of carbonyl (C=O) groups is 1. The molecule has 0 radical (unpaired) electrons. The monoisotopic (exact) mass is 388 g/mol. The van der Waals surface area contributed by atoms with Crippen LogP contribution in [0.15, 0.2) is 42.5 Å². The van der Waals surface area contributed by atoms with Gasteiger partial charge < -0.3 is 5.32 Å². The van der Waals surface area contributed by atoms with Crippen LogP contribution < -0.4 is 9.62 Å². The lowest BCUT2D eigenvalue weighted by Crippen LogP contribution is -2.48. The van der Waals surface area contributed by atoms with E-state index in [1.165, 1.54) is 9.87 Å². The van der Waals surface area contributed by atoms with Crippen LogP contribution in [0.2, 0.25) is 0 Å². The molecule has 1 amide bonds. The van der Waals surface area contributed by atoms with Crippen molar-refractivity contribution >= 4 is 21.6 Å². The molecule has 0 fully saturated rings. The number of amides is 1. The number of benzene rings is 2. The molecule has 2 aromatic rings. The first-order chi connectivity index (χ1) is 12.5. The Morgan fingerprint density at radius 1 is 1.00 bits per heavy atom. The maximum absolute atomic E-state index is 12.8. The zero-order chi connectivity index (χ0) is 20.4. The van der Waals surface area contributed by atoms with Crippen LogP contribution in [0.3, 0.4) is 0 Å². The fourth-order valence-corrected chi connectivity index (χ4v) is 4.19. The van der Waals surface area contributed by atoms with Gasteiger partial charge in [0.15, 0.2) is 0 Å². The SMILES string of the molecule is Cc1cccc(N([C@@H](C)C(=O)N[C@H](C)c2ccc(C)c(C)c2)S(C)(=O)=O)c1. The number of carbonyl (C=O) groups excluding carboxylic acids is 1. The smallest absolute Gasteiger partial charge is 0.244 e. The molecule has 0 bridgehead atoms. The minimum atomic E-state index is -3.62. The van der Waals surface area contributed by atoms with E-state index in [2.05, 4.69) is 5.32 Å². The van der Waals surface area contributed by atoms with Gasteiger partial charge in [-0.3, -0.25) is 9.10 Å². The summed E-state index contributed by atoms with van der Waals surface area (Å²) in [7, 11) is -3.62. The van der Waals surface area contributed by atoms with Crippen molar-refractivity contribution in [3.63, 3.8) is 0 Å². The van der Waals surface area contributed by atoms with Crippen molar-refractivity contribution in [3.8, 4) is 0 Å². The highest BCUT2D eigenvalue weighted by molar-refractivity contribution is 7.92. The highest BCUT2D eigenvalue weighted by Crippen LogP contribution is 2.23. The Labute approximate surface area is 162 Å². The summed E-state index contributed by atoms with van der Waals surface area (Å²) in [6.07, 6.45) is 1.12. The van der Waals surface area contributed by atoms with Gasteiger partial charge >= 0.3 is 0 Å². The summed E-state index contributed by atoms with van der Waals surface area (Å²) < 4.78 is 25.9. The number of aryl methyl sites for hydroxylation is 3. The number of rotatable bonds is 6. The molecule has 0 saturated heterocycles. The molecule has 6 heteroatoms. The Balaban J connectivity index is 2.25. The van der Waals surface area contributed by atoms with Gasteiger partial charge in [-0.05, 0) is 69.0 Å². The molecular weight excluding hydrogens is 360 g/mol. The highest BCUT2D eigenvalue weighted by Gasteiger charge is 2.29. The van der Waals surface area contributed by atoms with Gasteiger partial charge in [-0.15, -0.1) is 0 Å². The van der Waals surface area contributed by atoms with Crippen LogP contribution in [0.4, 0.5) is 5.69 Å². The molecule has 0 aliphatic rings. The van der Waals surface area contributed by atoms with Crippen LogP contribution in [0.25, 0.3) is 0 Å². The summed E-state index contributed by atoms with van der Waals surface area (Å²) in [5, 5.41) is 2.93. The number of hydrogen-bond donors (Lipinski definition) is 1. The van der Waals surface area contributed by atoms with E-state index in [1.54, 1.807) is 25.1 Å². The molecule has 0 heterocycles. The Morgan fingerprint density at radius 3 is 2.22 bits per heavy atom. The summed E-state index contributed by atoms with van der Waals surface area (Å²) in [6, 6.07) is 12.1. The van der Waals surface area contributed by atoms with Crippen molar-refractivity contribution in [1.29, 1.82) is 0 Å². The lowest BCUT2D eigenvalue weighted by atomic mass is 10.0. The van der Waals surface area contributed by atoms with Gasteiger partial charge in [0, 0.05) is 0 Å². The molecule has 1 N–H and O–H groups in total. The van der Waals surface area contributed by atoms with Crippen LogP contribution >= 0.6 is 0 Å². The van der Waals surface area contributed by atoms with Crippen molar-refractivity contribution < 1.29 is 13.2 Å². The minimum absolute atomic E-state index is 0.224. The number of anilines is 1. The summed E-state index contributed by atoms with van der Waals surface area (Å²) in [5.41, 5.74) is 4.74. The molecule has 5 nitrogen and oxygen atoms in total. The lowest BCUT2D eigenvalue weighted by molar-refractivity contribution is -0.122. The molecule has 0 saturated carbocycles. The van der Waals surface area contributed by atoms with Crippen LogP contribution in [0.1, 0.15) is 42.1 Å². The van der Waals surface area contributed by atoms with Crippen molar-refractivity contribution in [2.75, 3.05) is 10.6 Å². The molecular formula is C21H28N2O3S. The first kappa shape index (κ1) is 21.0. The number of nitrogens with zero attached hydrogens (tertiary/aromatic N) is 1. The fourth-order valence-electron chi connectivity index (χ4n) is 3.03. The van der Waals surface area contributed by atoms with Gasteiger partial charge in [0.25, 0.3) is 0 Å². The number of sulfonamides is 1. The molecule has 2 aromatic carbocycles. The fraction of sp³-hybridized carbons (Fsp3) is 0.381. The van der Waals surface area contributed by atoms with E-state index in [4.69, 9.17) is 0 Å². The quantitative estimate of drug-likeness (QED) is 0.821. The molecule has 27 heavy (non-hydrogen) atoms. The standard InChI is InChI=1S/C21H28N2O3S/c1-14-8-7-9-20(12-14)23(27(6,25)26)18(5)21(24)22-17(4)19-11-10-15(2)16(3)13-19/h7-13,17-18H,1-6H3,(H,22,24)/t17-,18+/m1/s1. The predicted octanol–water partition coefficient (Wildman–Crippen LogP) is 3.64. The zero-order valence-electron chi connectivity index (χ0n) is 16.8. The molecule has 2 rings (SSSR count). The molecule has 0 unspecified atom stereocenters. The molecule has 2 atom stereocenters. The molecule has 0 aromatic heterocycles. The Kier molecular flexibility index (Phi) is 6.31. The van der Waals surface area contributed by atoms with Crippen LogP contribution in [-0.4, -0.2) is 26.6 Å². The van der Waals surface area contributed by atoms with Crippen molar-refractivity contribution in [2.24, 2.45) is 0 Å². The molecule has 146 valence electrons. The highest BCUT2D eigenvalue weighted by atomic mass is 32.2. The molecule has 0 spiro atoms. The van der Waals surface area contributed by atoms with Crippen molar-refractivity contribution in [2.45, 2.75) is 46.7 Å². The van der Waals surface area contributed by atoms with Gasteiger partial charge in [-0.1, -0.05) is 30.3 Å². The topological polar surface area (TPSA) is 66.5 Å². The van der Waals surface area contributed by atoms with Crippen LogP contribution in [0.5, 0.6) is 0 Å². The van der Waals surface area contributed by atoms with E-state index in [9.17, 15) is 13.2 Å². The summed E-state index contributed by atoms with van der Waals surface area (Å²) in [6.45, 7) is 9.45. The first-order valence-electron chi connectivity index (χ1n) is 8.94. The predicted molar refractivity (Wildman–Crippen MR) is 110 cm³/mol. The maximum atomic E-state index is 12.8. The Hall–Kier alpha value is -2.34. The largest absolute Gasteiger partial charge is 0.348 e. The summed E-state index contributed by atoms with van der Waals surface area (Å²) >= 11 is 0. The first-order valence-corrected chi connectivity index (χ1v) is 10.8. The third-order valence-corrected chi connectivity index (χ3v) is 5.98. The van der Waals surface area contributed by atoms with Gasteiger partial charge in [0.05, 0.1) is 18.0 Å². The van der Waals surface area contributed by atoms with E-state index < -0.39 is 16.1 Å². The third-order valence-electron chi connectivity index (χ3n) is 4.73. The second kappa shape index (κ2) is 8.13. The molecule has 0 aliphatic heterocycles. The molecule has 0 aliphatic carbocycles. The van der Waals surface area contributed by atoms with Gasteiger partial charge in [-0.2, -0.15) is 0 Å². The lowest BCUT2D eigenvalue weighted by Gasteiger charge is -2.29. The van der Waals surface area contributed by atoms with E-state index in [1.807, 2.05) is 52.0 Å². The van der Waals surface area contributed by atoms with E-state index >= 15 is 0 Å². The van der Waals surface area contributed by atoms with Gasteiger partial charge in [0.1, 0.15) is 6.04 Å². The summed E-state index contributed by atoms with van der Waals surface area (Å²) in [5.74, 6) is -0.340. The van der Waals surface area contributed by atoms with E-state index in [-0.39, 0.29) is 11.9 Å². The second-order valence-electron chi connectivity index (χ2n) is 7.15. The number of nitrogens with one attached hydrogen (secondary N) is 1. The Bertz CT molecular complexity index is 938. The maximum Gasteiger partial charge on any atom is 0.244 e. The van der Waals surface area contributed by atoms with E-state index in [0.29, 0.717) is 5.69 Å². The van der Waals surface area contributed by atoms with Crippen LogP contribution in [-0.2, 0) is 14.8 Å². The zero-order valence-corrected chi connectivity index (χ0v) is 17.6. The number of hydrogen-bond acceptors (Lipinski definition) is 3. The summed E-state index contributed by atoms with van der Waals surface area (Å²) in [4.78, 5) is 12.8. The van der Waals surface area contributed by atoms with E-state index in [0.717, 1.165) is 22.9 Å². The normalized spacial score (nSPS) is 13.7. The average molecular weight is 389 g/mol. The third kappa shape index (κ3) is 5.10. The Morgan fingerprint density at radius 2 is 1.67 bits per heavy atom.